The minimum Gasteiger partial charge on any atom is -0.494 e. The molecule has 0 saturated carbocycles. The molecule has 18 heavy (non-hydrogen) atoms. The van der Waals surface area contributed by atoms with Crippen molar-refractivity contribution in [1.29, 1.82) is 0 Å². The summed E-state index contributed by atoms with van der Waals surface area (Å²) in [5.41, 5.74) is 1.55. The van der Waals surface area contributed by atoms with Crippen molar-refractivity contribution < 1.29 is 13.9 Å². The third-order valence-electron chi connectivity index (χ3n) is 2.58. The smallest absolute Gasteiger partial charge is 0.150 e. The molecular weight excluding hydrogens is 231 g/mol. The van der Waals surface area contributed by atoms with Gasteiger partial charge in [0.05, 0.1) is 6.61 Å². The molecule has 0 aromatic heterocycles. The van der Waals surface area contributed by atoms with Gasteiger partial charge in [0.15, 0.2) is 0 Å². The molecular formula is C15H13FO2. The SMILES string of the molecule is CCOc1cccc(-c2cc(C=O)ccc2F)c1. The number of benzene rings is 2. The van der Waals surface area contributed by atoms with Crippen LogP contribution in [0.4, 0.5) is 4.39 Å². The van der Waals surface area contributed by atoms with Gasteiger partial charge in [-0.2, -0.15) is 0 Å². The Morgan fingerprint density at radius 2 is 2.06 bits per heavy atom. The van der Waals surface area contributed by atoms with Crippen LogP contribution in [0.3, 0.4) is 0 Å². The van der Waals surface area contributed by atoms with E-state index in [0.717, 1.165) is 0 Å². The Hall–Kier alpha value is -2.16. The van der Waals surface area contributed by atoms with E-state index < -0.39 is 0 Å². The lowest BCUT2D eigenvalue weighted by atomic mass is 10.0. The first-order valence-corrected chi connectivity index (χ1v) is 5.72. The van der Waals surface area contributed by atoms with Gasteiger partial charge in [0.2, 0.25) is 0 Å². The van der Waals surface area contributed by atoms with E-state index in [1.807, 2.05) is 13.0 Å². The predicted octanol–water partition coefficient (Wildman–Crippen LogP) is 3.70. The molecule has 2 nitrogen and oxygen atoms in total. The number of ether oxygens (including phenoxy) is 1. The maximum atomic E-state index is 13.8. The highest BCUT2D eigenvalue weighted by Gasteiger charge is 2.07. The number of halogens is 1. The van der Waals surface area contributed by atoms with Crippen LogP contribution in [-0.2, 0) is 0 Å². The standard InChI is InChI=1S/C15H13FO2/c1-2-18-13-5-3-4-12(9-13)14-8-11(10-17)6-7-15(14)16/h3-10H,2H2,1H3. The Morgan fingerprint density at radius 1 is 1.22 bits per heavy atom. The fourth-order valence-electron chi connectivity index (χ4n) is 1.76. The molecule has 3 heteroatoms. The van der Waals surface area contributed by atoms with Gasteiger partial charge in [-0.3, -0.25) is 4.79 Å². The number of hydrogen-bond acceptors (Lipinski definition) is 2. The minimum atomic E-state index is -0.353. The van der Waals surface area contributed by atoms with Crippen molar-refractivity contribution in [2.75, 3.05) is 6.61 Å². The second-order valence-corrected chi connectivity index (χ2v) is 3.82. The molecule has 0 fully saturated rings. The monoisotopic (exact) mass is 244 g/mol. The summed E-state index contributed by atoms with van der Waals surface area (Å²) >= 11 is 0. The van der Waals surface area contributed by atoms with Gasteiger partial charge in [-0.25, -0.2) is 4.39 Å². The average molecular weight is 244 g/mol. The summed E-state index contributed by atoms with van der Waals surface area (Å²) in [5.74, 6) is 0.333. The van der Waals surface area contributed by atoms with Crippen molar-refractivity contribution >= 4 is 6.29 Å². The van der Waals surface area contributed by atoms with Gasteiger partial charge >= 0.3 is 0 Å². The Labute approximate surface area is 105 Å². The summed E-state index contributed by atoms with van der Waals surface area (Å²) in [6.07, 6.45) is 0.704. The van der Waals surface area contributed by atoms with E-state index in [1.165, 1.54) is 18.2 Å². The highest BCUT2D eigenvalue weighted by Crippen LogP contribution is 2.27. The lowest BCUT2D eigenvalue weighted by molar-refractivity contribution is 0.112. The number of carbonyl (C=O) groups is 1. The quantitative estimate of drug-likeness (QED) is 0.766. The molecule has 2 rings (SSSR count). The zero-order valence-corrected chi connectivity index (χ0v) is 10.0. The van der Waals surface area contributed by atoms with Gasteiger partial charge in [0.25, 0.3) is 0 Å². The maximum Gasteiger partial charge on any atom is 0.150 e. The van der Waals surface area contributed by atoms with Crippen molar-refractivity contribution in [2.24, 2.45) is 0 Å². The summed E-state index contributed by atoms with van der Waals surface area (Å²) in [4.78, 5) is 10.7. The molecule has 0 aliphatic heterocycles. The number of aldehydes is 1. The third kappa shape index (κ3) is 2.56. The molecule has 0 N–H and O–H groups in total. The first-order valence-electron chi connectivity index (χ1n) is 5.72. The van der Waals surface area contributed by atoms with Crippen LogP contribution in [0.5, 0.6) is 5.75 Å². The summed E-state index contributed by atoms with van der Waals surface area (Å²) in [6, 6.07) is 11.5. The van der Waals surface area contributed by atoms with Gasteiger partial charge in [0.1, 0.15) is 17.9 Å². The summed E-state index contributed by atoms with van der Waals surface area (Å²) in [7, 11) is 0. The van der Waals surface area contributed by atoms with Crippen LogP contribution in [0.2, 0.25) is 0 Å². The van der Waals surface area contributed by atoms with Crippen LogP contribution in [0.15, 0.2) is 42.5 Å². The molecule has 0 aliphatic carbocycles. The highest BCUT2D eigenvalue weighted by atomic mass is 19.1. The van der Waals surface area contributed by atoms with Crippen molar-refractivity contribution in [3.63, 3.8) is 0 Å². The van der Waals surface area contributed by atoms with Gasteiger partial charge in [-0.05, 0) is 42.8 Å². The molecule has 0 atom stereocenters. The van der Waals surface area contributed by atoms with Crippen LogP contribution >= 0.6 is 0 Å². The number of carbonyl (C=O) groups excluding carboxylic acids is 1. The second kappa shape index (κ2) is 5.45. The van der Waals surface area contributed by atoms with E-state index in [0.29, 0.717) is 35.3 Å². The third-order valence-corrected chi connectivity index (χ3v) is 2.58. The predicted molar refractivity (Wildman–Crippen MR) is 68.4 cm³/mol. The number of hydrogen-bond donors (Lipinski definition) is 0. The van der Waals surface area contributed by atoms with Crippen molar-refractivity contribution in [3.8, 4) is 16.9 Å². The molecule has 0 saturated heterocycles. The van der Waals surface area contributed by atoms with Crippen molar-refractivity contribution in [1.82, 2.24) is 0 Å². The van der Waals surface area contributed by atoms with E-state index >= 15 is 0 Å². The molecule has 0 amide bonds. The van der Waals surface area contributed by atoms with Gasteiger partial charge in [-0.1, -0.05) is 12.1 Å². The Kier molecular flexibility index (Phi) is 3.72. The Bertz CT molecular complexity index is 564. The summed E-state index contributed by atoms with van der Waals surface area (Å²) in [6.45, 7) is 2.45. The Balaban J connectivity index is 2.47. The van der Waals surface area contributed by atoms with E-state index in [1.54, 1.807) is 18.2 Å². The van der Waals surface area contributed by atoms with E-state index in [9.17, 15) is 9.18 Å². The van der Waals surface area contributed by atoms with Crippen LogP contribution < -0.4 is 4.74 Å². The average Bonchev–Trinajstić information content (AvgIpc) is 2.40. The summed E-state index contributed by atoms with van der Waals surface area (Å²) < 4.78 is 19.1. The maximum absolute atomic E-state index is 13.8. The van der Waals surface area contributed by atoms with Crippen molar-refractivity contribution in [3.05, 3.63) is 53.8 Å². The van der Waals surface area contributed by atoms with Crippen LogP contribution in [-0.4, -0.2) is 12.9 Å². The van der Waals surface area contributed by atoms with Gasteiger partial charge in [-0.15, -0.1) is 0 Å². The van der Waals surface area contributed by atoms with Crippen LogP contribution in [0.1, 0.15) is 17.3 Å². The molecule has 0 unspecified atom stereocenters. The molecule has 92 valence electrons. The van der Waals surface area contributed by atoms with Crippen LogP contribution in [0, 0.1) is 5.82 Å². The normalized spacial score (nSPS) is 10.1. The molecule has 0 bridgehead atoms. The molecule has 0 spiro atoms. The zero-order valence-electron chi connectivity index (χ0n) is 10.0. The molecule has 0 aliphatic rings. The lowest BCUT2D eigenvalue weighted by Crippen LogP contribution is -1.92. The molecule has 0 radical (unpaired) electrons. The molecule has 2 aromatic carbocycles. The largest absolute Gasteiger partial charge is 0.494 e. The van der Waals surface area contributed by atoms with Gasteiger partial charge in [0, 0.05) is 11.1 Å². The lowest BCUT2D eigenvalue weighted by Gasteiger charge is -2.07. The topological polar surface area (TPSA) is 26.3 Å². The van der Waals surface area contributed by atoms with Gasteiger partial charge < -0.3 is 4.74 Å². The first-order chi connectivity index (χ1) is 8.74. The second-order valence-electron chi connectivity index (χ2n) is 3.82. The first kappa shape index (κ1) is 12.3. The summed E-state index contributed by atoms with van der Waals surface area (Å²) in [5, 5.41) is 0. The fourth-order valence-corrected chi connectivity index (χ4v) is 1.76. The Morgan fingerprint density at radius 3 is 2.78 bits per heavy atom. The highest BCUT2D eigenvalue weighted by molar-refractivity contribution is 5.79. The zero-order chi connectivity index (χ0) is 13.0. The van der Waals surface area contributed by atoms with E-state index in [4.69, 9.17) is 4.74 Å². The van der Waals surface area contributed by atoms with E-state index in [2.05, 4.69) is 0 Å². The minimum absolute atomic E-state index is 0.353. The number of rotatable bonds is 4. The van der Waals surface area contributed by atoms with Crippen LogP contribution in [0.25, 0.3) is 11.1 Å². The molecule has 2 aromatic rings. The van der Waals surface area contributed by atoms with Crippen molar-refractivity contribution in [2.45, 2.75) is 6.92 Å². The fraction of sp³-hybridized carbons (Fsp3) is 0.133. The molecule has 0 heterocycles. The van der Waals surface area contributed by atoms with E-state index in [-0.39, 0.29) is 5.82 Å².